The molecular weight excluding hydrogens is 338 g/mol. The van der Waals surface area contributed by atoms with Gasteiger partial charge in [0.15, 0.2) is 0 Å². The van der Waals surface area contributed by atoms with Crippen molar-refractivity contribution in [2.24, 2.45) is 5.92 Å². The van der Waals surface area contributed by atoms with E-state index in [2.05, 4.69) is 58.1 Å². The van der Waals surface area contributed by atoms with Crippen molar-refractivity contribution in [1.29, 1.82) is 0 Å². The van der Waals surface area contributed by atoms with E-state index in [1.165, 1.54) is 11.3 Å². The van der Waals surface area contributed by atoms with Crippen LogP contribution in [0.3, 0.4) is 0 Å². The van der Waals surface area contributed by atoms with Gasteiger partial charge in [-0.25, -0.2) is 0 Å². The highest BCUT2D eigenvalue weighted by Crippen LogP contribution is 2.21. The van der Waals surface area contributed by atoms with Crippen molar-refractivity contribution in [2.75, 3.05) is 39.4 Å². The molecule has 0 spiro atoms. The van der Waals surface area contributed by atoms with Gasteiger partial charge in [-0.15, -0.1) is 0 Å². The number of benzene rings is 1. The molecule has 2 aromatic rings. The van der Waals surface area contributed by atoms with Crippen molar-refractivity contribution in [3.63, 3.8) is 0 Å². The number of hydrogen-bond donors (Lipinski definition) is 0. The monoisotopic (exact) mass is 367 g/mol. The Morgan fingerprint density at radius 1 is 1.04 bits per heavy atom. The Labute approximate surface area is 161 Å². The molecule has 1 saturated heterocycles. The Morgan fingerprint density at radius 3 is 2.67 bits per heavy atom. The summed E-state index contributed by atoms with van der Waals surface area (Å²) in [5.74, 6) is 0.631. The van der Waals surface area contributed by atoms with E-state index in [-0.39, 0.29) is 5.91 Å². The summed E-state index contributed by atoms with van der Waals surface area (Å²) in [4.78, 5) is 17.2. The average Bonchev–Trinajstić information content (AvgIpc) is 3.07. The van der Waals surface area contributed by atoms with Crippen LogP contribution in [0.1, 0.15) is 17.7 Å². The minimum absolute atomic E-state index is 0.280. The number of carbonyl (C=O) groups excluding carboxylic acids is 1. The summed E-state index contributed by atoms with van der Waals surface area (Å²) in [6.07, 6.45) is 3.83. The van der Waals surface area contributed by atoms with Gasteiger partial charge in [0.1, 0.15) is 0 Å². The second kappa shape index (κ2) is 8.72. The Bertz CT molecular complexity index is 737. The van der Waals surface area contributed by atoms with E-state index in [0.717, 1.165) is 45.7 Å². The fourth-order valence-electron chi connectivity index (χ4n) is 4.19. The fraction of sp³-hybridized carbons (Fsp3) is 0.500. The van der Waals surface area contributed by atoms with E-state index in [1.54, 1.807) is 0 Å². The predicted molar refractivity (Wildman–Crippen MR) is 105 cm³/mol. The predicted octanol–water partition coefficient (Wildman–Crippen LogP) is 2.41. The molecule has 0 N–H and O–H groups in total. The van der Waals surface area contributed by atoms with Gasteiger partial charge in [0.05, 0.1) is 13.2 Å². The van der Waals surface area contributed by atoms with Gasteiger partial charge in [0.25, 0.3) is 0 Å². The lowest BCUT2D eigenvalue weighted by Crippen LogP contribution is -2.42. The number of carbonyl (C=O) groups is 1. The Hall–Kier alpha value is -2.11. The highest BCUT2D eigenvalue weighted by molar-refractivity contribution is 5.76. The molecular formula is C22H29N3O2. The standard InChI is InChI=1S/C22H29N3O2/c26-22(24-11-13-27-14-12-24)15-20-16-23(10-8-19-5-2-1-3-6-19)18-21-7-4-9-25(21)17-20/h1-7,9,20H,8,10-18H2/t20-/m0/s1. The maximum absolute atomic E-state index is 12.8. The number of rotatable bonds is 5. The van der Waals surface area contributed by atoms with E-state index >= 15 is 0 Å². The molecule has 1 aromatic heterocycles. The van der Waals surface area contributed by atoms with Gasteiger partial charge in [-0.3, -0.25) is 9.69 Å². The van der Waals surface area contributed by atoms with E-state index in [0.29, 0.717) is 25.6 Å². The molecule has 5 heteroatoms. The lowest BCUT2D eigenvalue weighted by atomic mass is 10.0. The van der Waals surface area contributed by atoms with Crippen LogP contribution >= 0.6 is 0 Å². The van der Waals surface area contributed by atoms with Crippen molar-refractivity contribution in [3.05, 3.63) is 59.9 Å². The van der Waals surface area contributed by atoms with Crippen molar-refractivity contribution in [2.45, 2.75) is 25.9 Å². The van der Waals surface area contributed by atoms with Gasteiger partial charge in [0.2, 0.25) is 5.91 Å². The Balaban J connectivity index is 1.41. The molecule has 2 aliphatic rings. The quantitative estimate of drug-likeness (QED) is 0.815. The van der Waals surface area contributed by atoms with Gasteiger partial charge < -0.3 is 14.2 Å². The molecule has 0 unspecified atom stereocenters. The summed E-state index contributed by atoms with van der Waals surface area (Å²) in [6.45, 7) is 6.70. The molecule has 27 heavy (non-hydrogen) atoms. The highest BCUT2D eigenvalue weighted by Gasteiger charge is 2.26. The number of hydrogen-bond acceptors (Lipinski definition) is 3. The maximum atomic E-state index is 12.8. The third kappa shape index (κ3) is 4.79. The molecule has 1 atom stereocenters. The zero-order valence-corrected chi connectivity index (χ0v) is 15.9. The molecule has 5 nitrogen and oxygen atoms in total. The number of amides is 1. The van der Waals surface area contributed by atoms with Gasteiger partial charge in [-0.1, -0.05) is 30.3 Å². The minimum atomic E-state index is 0.280. The van der Waals surface area contributed by atoms with Gasteiger partial charge in [0, 0.05) is 57.6 Å². The normalized spacial score (nSPS) is 20.9. The van der Waals surface area contributed by atoms with Crippen LogP contribution in [-0.4, -0.2) is 59.7 Å². The largest absolute Gasteiger partial charge is 0.378 e. The fourth-order valence-corrected chi connectivity index (χ4v) is 4.19. The number of ether oxygens (including phenoxy) is 1. The van der Waals surface area contributed by atoms with E-state index < -0.39 is 0 Å². The van der Waals surface area contributed by atoms with Crippen molar-refractivity contribution < 1.29 is 9.53 Å². The maximum Gasteiger partial charge on any atom is 0.223 e. The number of morpholine rings is 1. The van der Waals surface area contributed by atoms with Crippen LogP contribution in [0, 0.1) is 5.92 Å². The number of aromatic nitrogens is 1. The van der Waals surface area contributed by atoms with Crippen molar-refractivity contribution in [1.82, 2.24) is 14.4 Å². The number of nitrogens with zero attached hydrogens (tertiary/aromatic N) is 3. The lowest BCUT2D eigenvalue weighted by molar-refractivity contribution is -0.136. The summed E-state index contributed by atoms with van der Waals surface area (Å²) >= 11 is 0. The summed E-state index contributed by atoms with van der Waals surface area (Å²) in [5.41, 5.74) is 2.72. The van der Waals surface area contributed by atoms with Crippen LogP contribution in [0.15, 0.2) is 48.7 Å². The first-order valence-corrected chi connectivity index (χ1v) is 10.0. The van der Waals surface area contributed by atoms with Gasteiger partial charge in [-0.05, 0) is 30.0 Å². The van der Waals surface area contributed by atoms with Crippen molar-refractivity contribution in [3.8, 4) is 0 Å². The van der Waals surface area contributed by atoms with Crippen LogP contribution < -0.4 is 0 Å². The zero-order chi connectivity index (χ0) is 18.5. The minimum Gasteiger partial charge on any atom is -0.378 e. The Morgan fingerprint density at radius 2 is 1.85 bits per heavy atom. The van der Waals surface area contributed by atoms with Crippen LogP contribution in [0.4, 0.5) is 0 Å². The van der Waals surface area contributed by atoms with Gasteiger partial charge in [-0.2, -0.15) is 0 Å². The molecule has 2 aliphatic heterocycles. The van der Waals surface area contributed by atoms with Crippen LogP contribution in [-0.2, 0) is 29.0 Å². The average molecular weight is 367 g/mol. The third-order valence-electron chi connectivity index (χ3n) is 5.67. The molecule has 0 radical (unpaired) electrons. The SMILES string of the molecule is O=C(C[C@H]1CN(CCc2ccccc2)Cc2cccn2C1)N1CCOCC1. The van der Waals surface area contributed by atoms with Crippen LogP contribution in [0.25, 0.3) is 0 Å². The molecule has 4 rings (SSSR count). The topological polar surface area (TPSA) is 37.7 Å². The first-order chi connectivity index (χ1) is 13.3. The molecule has 144 valence electrons. The van der Waals surface area contributed by atoms with Crippen LogP contribution in [0.5, 0.6) is 0 Å². The molecule has 0 aliphatic carbocycles. The second-order valence-electron chi connectivity index (χ2n) is 7.69. The van der Waals surface area contributed by atoms with E-state index in [4.69, 9.17) is 4.74 Å². The summed E-state index contributed by atoms with van der Waals surface area (Å²) in [5, 5.41) is 0. The van der Waals surface area contributed by atoms with E-state index in [9.17, 15) is 4.79 Å². The molecule has 1 amide bonds. The molecule has 3 heterocycles. The van der Waals surface area contributed by atoms with Gasteiger partial charge >= 0.3 is 0 Å². The third-order valence-corrected chi connectivity index (χ3v) is 5.67. The van der Waals surface area contributed by atoms with Crippen molar-refractivity contribution >= 4 is 5.91 Å². The first kappa shape index (κ1) is 18.3. The van der Waals surface area contributed by atoms with Crippen LogP contribution in [0.2, 0.25) is 0 Å². The Kier molecular flexibility index (Phi) is 5.90. The van der Waals surface area contributed by atoms with E-state index in [1.807, 2.05) is 4.90 Å². The smallest absolute Gasteiger partial charge is 0.223 e. The zero-order valence-electron chi connectivity index (χ0n) is 15.9. The second-order valence-corrected chi connectivity index (χ2v) is 7.69. The molecule has 0 bridgehead atoms. The lowest BCUT2D eigenvalue weighted by Gasteiger charge is -2.29. The number of fused-ring (bicyclic) bond motifs is 1. The first-order valence-electron chi connectivity index (χ1n) is 10.0. The molecule has 1 fully saturated rings. The molecule has 1 aromatic carbocycles. The summed E-state index contributed by atoms with van der Waals surface area (Å²) in [6, 6.07) is 15.0. The summed E-state index contributed by atoms with van der Waals surface area (Å²) in [7, 11) is 0. The molecule has 0 saturated carbocycles. The summed E-state index contributed by atoms with van der Waals surface area (Å²) < 4.78 is 7.71. The highest BCUT2D eigenvalue weighted by atomic mass is 16.5.